The molecule has 0 bridgehead atoms. The third-order valence-electron chi connectivity index (χ3n) is 9.82. The number of amides is 2. The Morgan fingerprint density at radius 2 is 1.74 bits per heavy atom. The Hall–Kier alpha value is -2.92. The van der Waals surface area contributed by atoms with E-state index in [1.807, 2.05) is 30.9 Å². The second kappa shape index (κ2) is 13.0. The second-order valence-corrected chi connectivity index (χ2v) is 14.7. The van der Waals surface area contributed by atoms with Gasteiger partial charge in [0.25, 0.3) is 0 Å². The Morgan fingerprint density at radius 1 is 1.07 bits per heavy atom. The molecule has 3 heterocycles. The van der Waals surface area contributed by atoms with Crippen LogP contribution in [0.25, 0.3) is 0 Å². The number of nitrogens with zero attached hydrogens (tertiary/aromatic N) is 3. The monoisotopic (exact) mass is 612 g/mol. The van der Waals surface area contributed by atoms with Gasteiger partial charge in [-0.15, -0.1) is 0 Å². The fraction of sp³-hybridized carbons (Fsp3) is 0.656. The quantitative estimate of drug-likeness (QED) is 0.365. The number of carbonyl (C=O) groups excluding carboxylic acids is 2. The number of unbranched alkanes of at least 4 members (excludes halogenated alkanes) is 1. The third kappa shape index (κ3) is 6.77. The fourth-order valence-corrected chi connectivity index (χ4v) is 8.12. The van der Waals surface area contributed by atoms with Crippen LogP contribution >= 0.6 is 0 Å². The van der Waals surface area contributed by atoms with E-state index in [9.17, 15) is 18.0 Å². The molecule has 2 aliphatic heterocycles. The van der Waals surface area contributed by atoms with Gasteiger partial charge in [-0.2, -0.15) is 5.10 Å². The molecule has 1 spiro atoms. The lowest BCUT2D eigenvalue weighted by molar-refractivity contribution is -0.162. The highest BCUT2D eigenvalue weighted by molar-refractivity contribution is 7.92. The minimum Gasteiger partial charge on any atom is -0.342 e. The summed E-state index contributed by atoms with van der Waals surface area (Å²) in [5.74, 6) is 0.611. The molecule has 5 rings (SSSR count). The van der Waals surface area contributed by atoms with Crippen LogP contribution in [0.5, 0.6) is 0 Å². The maximum atomic E-state index is 14.0. The predicted octanol–water partition coefficient (Wildman–Crippen LogP) is 4.42. The molecule has 0 radical (unpaired) electrons. The van der Waals surface area contributed by atoms with Gasteiger partial charge in [-0.1, -0.05) is 57.6 Å². The van der Waals surface area contributed by atoms with Crippen molar-refractivity contribution < 1.29 is 18.0 Å². The Balaban J connectivity index is 1.39. The van der Waals surface area contributed by atoms with Crippen LogP contribution in [0.2, 0.25) is 0 Å². The zero-order valence-electron chi connectivity index (χ0n) is 26.1. The van der Waals surface area contributed by atoms with Gasteiger partial charge >= 0.3 is 0 Å². The number of likely N-dealkylation sites (tertiary alicyclic amines) is 1. The number of rotatable bonds is 10. The molecule has 10 nitrogen and oxygen atoms in total. The van der Waals surface area contributed by atoms with E-state index in [4.69, 9.17) is 0 Å². The first kappa shape index (κ1) is 31.5. The van der Waals surface area contributed by atoms with Crippen molar-refractivity contribution in [2.45, 2.75) is 103 Å². The van der Waals surface area contributed by atoms with Crippen molar-refractivity contribution >= 4 is 27.5 Å². The first-order valence-corrected chi connectivity index (χ1v) is 17.9. The van der Waals surface area contributed by atoms with E-state index in [0.29, 0.717) is 44.1 Å². The Kier molecular flexibility index (Phi) is 9.51. The molecule has 1 saturated carbocycles. The number of piperidine rings is 1. The van der Waals surface area contributed by atoms with Crippen LogP contribution in [-0.2, 0) is 19.6 Å². The zero-order chi connectivity index (χ0) is 30.8. The van der Waals surface area contributed by atoms with Gasteiger partial charge in [-0.25, -0.2) is 8.42 Å². The van der Waals surface area contributed by atoms with Gasteiger partial charge in [0.1, 0.15) is 11.6 Å². The van der Waals surface area contributed by atoms with Crippen molar-refractivity contribution in [1.29, 1.82) is 0 Å². The summed E-state index contributed by atoms with van der Waals surface area (Å²) in [5, 5.41) is 10.8. The van der Waals surface area contributed by atoms with E-state index in [2.05, 4.69) is 32.1 Å². The van der Waals surface area contributed by atoms with Crippen molar-refractivity contribution in [1.82, 2.24) is 25.3 Å². The first-order valence-electron chi connectivity index (χ1n) is 16.0. The maximum Gasteiger partial charge on any atom is 0.246 e. The molecule has 236 valence electrons. The van der Waals surface area contributed by atoms with Crippen LogP contribution in [-0.4, -0.2) is 77.7 Å². The number of sulfonamides is 1. The van der Waals surface area contributed by atoms with E-state index >= 15 is 0 Å². The average Bonchev–Trinajstić information content (AvgIpc) is 3.30. The summed E-state index contributed by atoms with van der Waals surface area (Å²) < 4.78 is 26.1. The van der Waals surface area contributed by atoms with Crippen LogP contribution in [0.4, 0.5) is 5.69 Å². The van der Waals surface area contributed by atoms with Gasteiger partial charge in [0.05, 0.1) is 18.0 Å². The lowest BCUT2D eigenvalue weighted by Gasteiger charge is -2.53. The normalized spacial score (nSPS) is 22.5. The number of hydrogen-bond donors (Lipinski definition) is 3. The van der Waals surface area contributed by atoms with E-state index in [1.165, 1.54) is 19.3 Å². The molecule has 1 aliphatic carbocycles. The molecule has 43 heavy (non-hydrogen) atoms. The number of aryl methyl sites for hydroxylation is 2. The van der Waals surface area contributed by atoms with Crippen LogP contribution in [0.3, 0.4) is 0 Å². The third-order valence-corrected chi connectivity index (χ3v) is 10.4. The minimum absolute atomic E-state index is 0.00656. The Morgan fingerprint density at radius 3 is 2.33 bits per heavy atom. The fourth-order valence-electron chi connectivity index (χ4n) is 7.55. The molecule has 2 amide bonds. The van der Waals surface area contributed by atoms with Gasteiger partial charge in [-0.05, 0) is 63.1 Å². The van der Waals surface area contributed by atoms with Gasteiger partial charge in [0.2, 0.25) is 21.8 Å². The molecule has 1 aromatic heterocycles. The lowest BCUT2D eigenvalue weighted by Crippen LogP contribution is -2.73. The van der Waals surface area contributed by atoms with Crippen LogP contribution in [0.1, 0.15) is 99.7 Å². The molecular formula is C32H48N6O4S. The zero-order valence-corrected chi connectivity index (χ0v) is 26.9. The number of aromatic nitrogens is 2. The van der Waals surface area contributed by atoms with Crippen LogP contribution in [0.15, 0.2) is 24.3 Å². The number of benzene rings is 1. The van der Waals surface area contributed by atoms with Gasteiger partial charge in [-0.3, -0.25) is 24.3 Å². The summed E-state index contributed by atoms with van der Waals surface area (Å²) in [6.45, 7) is 8.01. The summed E-state index contributed by atoms with van der Waals surface area (Å²) >= 11 is 0. The van der Waals surface area contributed by atoms with Gasteiger partial charge in [0, 0.05) is 36.6 Å². The number of carbonyl (C=O) groups is 2. The second-order valence-electron chi connectivity index (χ2n) is 12.9. The van der Waals surface area contributed by atoms with Crippen molar-refractivity contribution in [3.05, 3.63) is 46.8 Å². The van der Waals surface area contributed by atoms with Crippen molar-refractivity contribution in [3.8, 4) is 0 Å². The number of H-pyrrole nitrogens is 1. The van der Waals surface area contributed by atoms with Gasteiger partial charge < -0.3 is 10.2 Å². The van der Waals surface area contributed by atoms with E-state index in [1.54, 1.807) is 12.1 Å². The Bertz CT molecular complexity index is 1370. The largest absolute Gasteiger partial charge is 0.342 e. The summed E-state index contributed by atoms with van der Waals surface area (Å²) in [7, 11) is -3.38. The van der Waals surface area contributed by atoms with E-state index in [0.717, 1.165) is 60.9 Å². The van der Waals surface area contributed by atoms with E-state index < -0.39 is 21.6 Å². The molecule has 2 atom stereocenters. The summed E-state index contributed by atoms with van der Waals surface area (Å²) in [6.07, 6.45) is 10.8. The van der Waals surface area contributed by atoms with Crippen LogP contribution in [0, 0.1) is 19.8 Å². The van der Waals surface area contributed by atoms with Crippen molar-refractivity contribution in [3.63, 3.8) is 0 Å². The standard InChI is InChI=1S/C32H48N6O4S/c1-5-6-18-38-30(39)27(21-24-10-8-7-9-11-24)33-31(40)32(38)16-19-37(20-17-32)29(28-22(2)34-35-23(28)3)25-12-14-26(15-13-25)36-43(4,41)42/h12-15,24,27,29,36H,5-11,16-21H2,1-4H3,(H,33,40)(H,34,35)/t27-,29?/m0/s1. The molecule has 2 aromatic rings. The highest BCUT2D eigenvalue weighted by atomic mass is 32.2. The van der Waals surface area contributed by atoms with E-state index in [-0.39, 0.29) is 17.9 Å². The number of anilines is 1. The Labute approximate surface area is 256 Å². The molecule has 3 N–H and O–H groups in total. The molecule has 3 aliphatic rings. The first-order chi connectivity index (χ1) is 20.5. The van der Waals surface area contributed by atoms with Crippen molar-refractivity contribution in [2.24, 2.45) is 5.92 Å². The number of nitrogens with one attached hydrogen (secondary N) is 3. The number of aromatic amines is 1. The highest BCUT2D eigenvalue weighted by Gasteiger charge is 2.54. The molecule has 3 fully saturated rings. The number of piperazine rings is 1. The smallest absolute Gasteiger partial charge is 0.246 e. The SMILES string of the molecule is CCCCN1C(=O)[C@H](CC2CCCCC2)NC(=O)C12CCN(C(c1ccc(NS(C)(=O)=O)cc1)c1c(C)n[nH]c1C)CC2. The molecule has 1 aromatic carbocycles. The predicted molar refractivity (Wildman–Crippen MR) is 168 cm³/mol. The highest BCUT2D eigenvalue weighted by Crippen LogP contribution is 2.40. The maximum absolute atomic E-state index is 14.0. The summed E-state index contributed by atoms with van der Waals surface area (Å²) in [6, 6.07) is 6.92. The topological polar surface area (TPSA) is 128 Å². The molecular weight excluding hydrogens is 564 g/mol. The summed E-state index contributed by atoms with van der Waals surface area (Å²) in [5.41, 5.74) is 3.65. The lowest BCUT2D eigenvalue weighted by atomic mass is 9.78. The number of hydrogen-bond acceptors (Lipinski definition) is 6. The van der Waals surface area contributed by atoms with Crippen LogP contribution < -0.4 is 10.0 Å². The molecule has 1 unspecified atom stereocenters. The minimum atomic E-state index is -3.38. The van der Waals surface area contributed by atoms with Crippen molar-refractivity contribution in [2.75, 3.05) is 30.6 Å². The summed E-state index contributed by atoms with van der Waals surface area (Å²) in [4.78, 5) is 32.3. The molecule has 2 saturated heterocycles. The van der Waals surface area contributed by atoms with Gasteiger partial charge in [0.15, 0.2) is 0 Å². The molecule has 11 heteroatoms. The average molecular weight is 613 g/mol.